The molecule has 1 fully saturated rings. The molecule has 84 valence electrons. The van der Waals surface area contributed by atoms with Crippen LogP contribution < -0.4 is 5.73 Å². The molecule has 1 aliphatic heterocycles. The predicted octanol–water partition coefficient (Wildman–Crippen LogP) is 1.69. The van der Waals surface area contributed by atoms with E-state index in [9.17, 15) is 5.11 Å². The highest BCUT2D eigenvalue weighted by Gasteiger charge is 2.40. The van der Waals surface area contributed by atoms with Crippen molar-refractivity contribution in [1.82, 2.24) is 0 Å². The number of thiophene rings is 1. The van der Waals surface area contributed by atoms with E-state index in [-0.39, 0.29) is 12.5 Å². The Kier molecular flexibility index (Phi) is 3.47. The van der Waals surface area contributed by atoms with E-state index < -0.39 is 5.54 Å². The average molecular weight is 292 g/mol. The van der Waals surface area contributed by atoms with Gasteiger partial charge in [0.2, 0.25) is 0 Å². The van der Waals surface area contributed by atoms with Crippen LogP contribution in [0.15, 0.2) is 15.9 Å². The number of rotatable bonds is 2. The maximum atomic E-state index is 9.35. The van der Waals surface area contributed by atoms with Gasteiger partial charge in [0.15, 0.2) is 0 Å². The van der Waals surface area contributed by atoms with E-state index >= 15 is 0 Å². The Labute approximate surface area is 101 Å². The van der Waals surface area contributed by atoms with Crippen molar-refractivity contribution < 1.29 is 9.84 Å². The summed E-state index contributed by atoms with van der Waals surface area (Å²) in [5.41, 5.74) is 5.83. The molecular formula is C10H14BrNO2S. The van der Waals surface area contributed by atoms with Crippen molar-refractivity contribution in [2.75, 3.05) is 19.8 Å². The maximum Gasteiger partial charge on any atom is 0.0792 e. The van der Waals surface area contributed by atoms with Gasteiger partial charge in [-0.1, -0.05) is 0 Å². The lowest BCUT2D eigenvalue weighted by Gasteiger charge is -2.39. The summed E-state index contributed by atoms with van der Waals surface area (Å²) >= 11 is 5.03. The highest BCUT2D eigenvalue weighted by Crippen LogP contribution is 2.37. The number of hydrogen-bond acceptors (Lipinski definition) is 4. The molecule has 2 unspecified atom stereocenters. The van der Waals surface area contributed by atoms with Crippen LogP contribution >= 0.6 is 27.3 Å². The Morgan fingerprint density at radius 3 is 3.13 bits per heavy atom. The minimum absolute atomic E-state index is 0.0943. The lowest BCUT2D eigenvalue weighted by Crippen LogP contribution is -2.52. The number of hydrogen-bond donors (Lipinski definition) is 2. The van der Waals surface area contributed by atoms with Gasteiger partial charge in [-0.25, -0.2) is 0 Å². The topological polar surface area (TPSA) is 55.5 Å². The molecule has 0 bridgehead atoms. The molecule has 5 heteroatoms. The van der Waals surface area contributed by atoms with Gasteiger partial charge in [-0.2, -0.15) is 0 Å². The Bertz CT molecular complexity index is 344. The summed E-state index contributed by atoms with van der Waals surface area (Å²) in [6, 6.07) is 2.02. The fraction of sp³-hybridized carbons (Fsp3) is 0.600. The Hall–Kier alpha value is 0.0600. The molecule has 2 rings (SSSR count). The first-order chi connectivity index (χ1) is 7.16. The van der Waals surface area contributed by atoms with Crippen molar-refractivity contribution in [2.45, 2.75) is 12.0 Å². The number of halogens is 1. The lowest BCUT2D eigenvalue weighted by molar-refractivity contribution is -0.0214. The average Bonchev–Trinajstić information content (AvgIpc) is 2.66. The first-order valence-electron chi connectivity index (χ1n) is 4.89. The summed E-state index contributed by atoms with van der Waals surface area (Å²) in [7, 11) is 0. The van der Waals surface area contributed by atoms with Gasteiger partial charge >= 0.3 is 0 Å². The third-order valence-electron chi connectivity index (χ3n) is 2.93. The summed E-state index contributed by atoms with van der Waals surface area (Å²) in [5.74, 6) is 0.0943. The molecule has 1 aromatic rings. The minimum atomic E-state index is -0.524. The van der Waals surface area contributed by atoms with Crippen molar-refractivity contribution in [1.29, 1.82) is 0 Å². The molecule has 0 saturated carbocycles. The van der Waals surface area contributed by atoms with E-state index in [0.717, 1.165) is 15.8 Å². The molecule has 3 N–H and O–H groups in total. The largest absolute Gasteiger partial charge is 0.396 e. The number of aliphatic hydroxyl groups excluding tert-OH is 1. The zero-order valence-electron chi connectivity index (χ0n) is 8.28. The molecule has 0 aliphatic carbocycles. The van der Waals surface area contributed by atoms with Gasteiger partial charge in [0.1, 0.15) is 0 Å². The zero-order valence-corrected chi connectivity index (χ0v) is 10.7. The molecule has 2 atom stereocenters. The fourth-order valence-electron chi connectivity index (χ4n) is 1.93. The number of ether oxygens (including phenoxy) is 1. The predicted molar refractivity (Wildman–Crippen MR) is 63.9 cm³/mol. The second kappa shape index (κ2) is 4.51. The quantitative estimate of drug-likeness (QED) is 0.872. The van der Waals surface area contributed by atoms with Crippen LogP contribution in [0.4, 0.5) is 0 Å². The monoisotopic (exact) mass is 291 g/mol. The van der Waals surface area contributed by atoms with Gasteiger partial charge in [-0.15, -0.1) is 11.3 Å². The van der Waals surface area contributed by atoms with Gasteiger partial charge in [0, 0.05) is 33.9 Å². The van der Waals surface area contributed by atoms with E-state index in [4.69, 9.17) is 10.5 Å². The van der Waals surface area contributed by atoms with E-state index in [0.29, 0.717) is 13.2 Å². The van der Waals surface area contributed by atoms with Crippen LogP contribution in [-0.2, 0) is 10.3 Å². The van der Waals surface area contributed by atoms with Crippen LogP contribution in [0.3, 0.4) is 0 Å². The van der Waals surface area contributed by atoms with Crippen LogP contribution in [0.2, 0.25) is 0 Å². The third kappa shape index (κ3) is 2.12. The van der Waals surface area contributed by atoms with Crippen molar-refractivity contribution in [2.24, 2.45) is 11.7 Å². The van der Waals surface area contributed by atoms with Crippen LogP contribution in [0.25, 0.3) is 0 Å². The van der Waals surface area contributed by atoms with Crippen LogP contribution in [0.1, 0.15) is 11.3 Å². The molecule has 0 spiro atoms. The SMILES string of the molecule is NC1(c2cc(Br)cs2)COCCC1CO. The van der Waals surface area contributed by atoms with Gasteiger partial charge in [-0.3, -0.25) is 0 Å². The van der Waals surface area contributed by atoms with Crippen LogP contribution in [-0.4, -0.2) is 24.9 Å². The summed E-state index contributed by atoms with van der Waals surface area (Å²) < 4.78 is 6.47. The smallest absolute Gasteiger partial charge is 0.0792 e. The summed E-state index contributed by atoms with van der Waals surface area (Å²) in [5, 5.41) is 11.4. The normalized spacial score (nSPS) is 31.8. The van der Waals surface area contributed by atoms with Crippen molar-refractivity contribution in [3.05, 3.63) is 20.8 Å². The standard InChI is InChI=1S/C10H14BrNO2S/c11-8-3-9(15-5-8)10(12)6-14-2-1-7(10)4-13/h3,5,7,13H,1-2,4,6,12H2. The second-order valence-electron chi connectivity index (χ2n) is 3.89. The van der Waals surface area contributed by atoms with Crippen LogP contribution in [0.5, 0.6) is 0 Å². The molecular weight excluding hydrogens is 278 g/mol. The van der Waals surface area contributed by atoms with Crippen molar-refractivity contribution >= 4 is 27.3 Å². The van der Waals surface area contributed by atoms with Crippen molar-refractivity contribution in [3.8, 4) is 0 Å². The van der Waals surface area contributed by atoms with E-state index in [1.165, 1.54) is 0 Å². The van der Waals surface area contributed by atoms with E-state index in [1.807, 2.05) is 11.4 Å². The Morgan fingerprint density at radius 1 is 1.73 bits per heavy atom. The van der Waals surface area contributed by atoms with Gasteiger partial charge in [0.05, 0.1) is 12.1 Å². The van der Waals surface area contributed by atoms with E-state index in [1.54, 1.807) is 11.3 Å². The van der Waals surface area contributed by atoms with Gasteiger partial charge < -0.3 is 15.6 Å². The summed E-state index contributed by atoms with van der Waals surface area (Å²) in [6.45, 7) is 1.30. The Balaban J connectivity index is 2.29. The fourth-order valence-corrected chi connectivity index (χ4v) is 3.53. The molecule has 2 heterocycles. The summed E-state index contributed by atoms with van der Waals surface area (Å²) in [6.07, 6.45) is 0.822. The highest BCUT2D eigenvalue weighted by atomic mass is 79.9. The summed E-state index contributed by atoms with van der Waals surface area (Å²) in [4.78, 5) is 1.08. The zero-order chi connectivity index (χ0) is 10.9. The molecule has 0 aromatic carbocycles. The molecule has 3 nitrogen and oxygen atoms in total. The van der Waals surface area contributed by atoms with Gasteiger partial charge in [0.25, 0.3) is 0 Å². The number of aliphatic hydroxyl groups is 1. The molecule has 1 aliphatic rings. The maximum absolute atomic E-state index is 9.35. The molecule has 0 radical (unpaired) electrons. The van der Waals surface area contributed by atoms with E-state index in [2.05, 4.69) is 15.9 Å². The lowest BCUT2D eigenvalue weighted by atomic mass is 9.81. The highest BCUT2D eigenvalue weighted by molar-refractivity contribution is 9.10. The molecule has 15 heavy (non-hydrogen) atoms. The number of nitrogens with two attached hydrogens (primary N) is 1. The Morgan fingerprint density at radius 2 is 2.53 bits per heavy atom. The second-order valence-corrected chi connectivity index (χ2v) is 5.72. The minimum Gasteiger partial charge on any atom is -0.396 e. The molecule has 0 amide bonds. The van der Waals surface area contributed by atoms with Crippen molar-refractivity contribution in [3.63, 3.8) is 0 Å². The van der Waals surface area contributed by atoms with Gasteiger partial charge in [-0.05, 0) is 28.4 Å². The first kappa shape index (κ1) is 11.5. The third-order valence-corrected chi connectivity index (χ3v) is 4.81. The first-order valence-corrected chi connectivity index (χ1v) is 6.56. The molecule has 1 aromatic heterocycles. The molecule has 1 saturated heterocycles. The van der Waals surface area contributed by atoms with Crippen LogP contribution in [0, 0.1) is 5.92 Å².